The van der Waals surface area contributed by atoms with Gasteiger partial charge in [-0.3, -0.25) is 0 Å². The number of likely N-dealkylation sites (tertiary alicyclic amines) is 1. The molecule has 1 aromatic carbocycles. The number of aliphatic hydroxyl groups is 1. The topological polar surface area (TPSA) is 61.8 Å². The van der Waals surface area contributed by atoms with Gasteiger partial charge < -0.3 is 20.1 Å². The fourth-order valence-electron chi connectivity index (χ4n) is 2.86. The molecule has 2 amide bonds. The van der Waals surface area contributed by atoms with Crippen LogP contribution in [0.5, 0.6) is 5.75 Å². The van der Waals surface area contributed by atoms with E-state index in [1.54, 1.807) is 23.1 Å². The van der Waals surface area contributed by atoms with Gasteiger partial charge in [-0.05, 0) is 49.8 Å². The summed E-state index contributed by atoms with van der Waals surface area (Å²) in [6, 6.07) is 5.10. The number of amides is 2. The van der Waals surface area contributed by atoms with Crippen LogP contribution in [-0.4, -0.2) is 42.3 Å². The zero-order valence-corrected chi connectivity index (χ0v) is 14.5. The number of halogens is 1. The molecule has 2 N–H and O–H groups in total. The average molecular weight is 341 g/mol. The molecule has 6 heteroatoms. The van der Waals surface area contributed by atoms with Crippen molar-refractivity contribution in [3.8, 4) is 5.75 Å². The van der Waals surface area contributed by atoms with Crippen molar-refractivity contribution in [1.82, 2.24) is 4.90 Å². The van der Waals surface area contributed by atoms with E-state index in [1.165, 1.54) is 0 Å². The second-order valence-corrected chi connectivity index (χ2v) is 6.41. The molecule has 0 spiro atoms. The summed E-state index contributed by atoms with van der Waals surface area (Å²) in [5, 5.41) is 12.9. The molecule has 5 nitrogen and oxygen atoms in total. The molecule has 1 aliphatic heterocycles. The number of nitrogens with one attached hydrogen (secondary N) is 1. The summed E-state index contributed by atoms with van der Waals surface area (Å²) in [6.07, 6.45) is 2.60. The van der Waals surface area contributed by atoms with Crippen molar-refractivity contribution in [2.24, 2.45) is 5.41 Å². The number of ether oxygens (including phenoxy) is 1. The van der Waals surface area contributed by atoms with E-state index in [4.69, 9.17) is 16.3 Å². The maximum absolute atomic E-state index is 12.4. The number of aliphatic hydroxyl groups excluding tert-OH is 1. The lowest BCUT2D eigenvalue weighted by atomic mass is 9.77. The van der Waals surface area contributed by atoms with Crippen LogP contribution in [0, 0.1) is 5.41 Å². The number of hydrogen-bond donors (Lipinski definition) is 2. The van der Waals surface area contributed by atoms with E-state index in [2.05, 4.69) is 12.2 Å². The first-order chi connectivity index (χ1) is 11.0. The van der Waals surface area contributed by atoms with E-state index in [1.807, 2.05) is 6.92 Å². The fourth-order valence-corrected chi connectivity index (χ4v) is 3.10. The zero-order chi connectivity index (χ0) is 16.9. The van der Waals surface area contributed by atoms with Crippen molar-refractivity contribution in [1.29, 1.82) is 0 Å². The van der Waals surface area contributed by atoms with Gasteiger partial charge in [0.15, 0.2) is 0 Å². The van der Waals surface area contributed by atoms with Crippen LogP contribution >= 0.6 is 11.6 Å². The second kappa shape index (κ2) is 7.88. The van der Waals surface area contributed by atoms with Crippen molar-refractivity contribution in [2.45, 2.75) is 33.1 Å². The molecule has 0 bridgehead atoms. The Hall–Kier alpha value is -1.46. The van der Waals surface area contributed by atoms with E-state index < -0.39 is 0 Å². The first-order valence-corrected chi connectivity index (χ1v) is 8.50. The van der Waals surface area contributed by atoms with Crippen LogP contribution in [0.15, 0.2) is 18.2 Å². The number of carbonyl (C=O) groups is 1. The Morgan fingerprint density at radius 3 is 2.61 bits per heavy atom. The van der Waals surface area contributed by atoms with Gasteiger partial charge in [-0.1, -0.05) is 18.5 Å². The average Bonchev–Trinajstić information content (AvgIpc) is 2.57. The molecule has 0 unspecified atom stereocenters. The van der Waals surface area contributed by atoms with Gasteiger partial charge in [0.25, 0.3) is 0 Å². The molecule has 1 saturated heterocycles. The highest BCUT2D eigenvalue weighted by Crippen LogP contribution is 2.34. The zero-order valence-electron chi connectivity index (χ0n) is 13.8. The third-order valence-corrected chi connectivity index (χ3v) is 4.98. The third kappa shape index (κ3) is 4.30. The number of anilines is 1. The summed E-state index contributed by atoms with van der Waals surface area (Å²) < 4.78 is 5.38. The molecule has 0 saturated carbocycles. The number of nitrogens with zero attached hydrogens (tertiary/aromatic N) is 1. The number of piperidine rings is 1. The maximum Gasteiger partial charge on any atom is 0.321 e. The quantitative estimate of drug-likeness (QED) is 0.858. The van der Waals surface area contributed by atoms with Gasteiger partial charge in [-0.25, -0.2) is 4.79 Å². The molecule has 0 radical (unpaired) electrons. The number of carbonyl (C=O) groups excluding carboxylic acids is 1. The Morgan fingerprint density at radius 2 is 2.09 bits per heavy atom. The smallest absolute Gasteiger partial charge is 0.321 e. The highest BCUT2D eigenvalue weighted by Gasteiger charge is 2.33. The van der Waals surface area contributed by atoms with Gasteiger partial charge >= 0.3 is 6.03 Å². The van der Waals surface area contributed by atoms with Gasteiger partial charge in [0.1, 0.15) is 5.75 Å². The Balaban J connectivity index is 1.94. The Bertz CT molecular complexity index is 537. The van der Waals surface area contributed by atoms with Crippen LogP contribution in [0.4, 0.5) is 10.5 Å². The predicted octanol–water partition coefficient (Wildman–Crippen LogP) is 3.76. The number of rotatable bonds is 5. The number of hydrogen-bond acceptors (Lipinski definition) is 3. The molecular formula is C17H25ClN2O3. The summed E-state index contributed by atoms with van der Waals surface area (Å²) in [4.78, 5) is 14.1. The van der Waals surface area contributed by atoms with Crippen molar-refractivity contribution in [2.75, 3.05) is 31.6 Å². The second-order valence-electron chi connectivity index (χ2n) is 6.01. The van der Waals surface area contributed by atoms with Crippen molar-refractivity contribution < 1.29 is 14.6 Å². The van der Waals surface area contributed by atoms with Crippen molar-refractivity contribution in [3.05, 3.63) is 23.2 Å². The summed E-state index contributed by atoms with van der Waals surface area (Å²) >= 11 is 6.13. The molecule has 2 rings (SSSR count). The van der Waals surface area contributed by atoms with Crippen LogP contribution in [0.1, 0.15) is 33.1 Å². The van der Waals surface area contributed by atoms with Crippen LogP contribution in [-0.2, 0) is 0 Å². The summed E-state index contributed by atoms with van der Waals surface area (Å²) in [5.41, 5.74) is 0.622. The molecule has 1 fully saturated rings. The van der Waals surface area contributed by atoms with Gasteiger partial charge in [0.05, 0.1) is 11.6 Å². The predicted molar refractivity (Wildman–Crippen MR) is 92.3 cm³/mol. The Kier molecular flexibility index (Phi) is 6.13. The lowest BCUT2D eigenvalue weighted by Gasteiger charge is -2.40. The molecule has 1 aliphatic rings. The minimum absolute atomic E-state index is 0.0285. The number of urea groups is 1. The minimum atomic E-state index is -0.132. The first-order valence-electron chi connectivity index (χ1n) is 8.12. The van der Waals surface area contributed by atoms with Gasteiger partial charge in [-0.15, -0.1) is 0 Å². The van der Waals surface area contributed by atoms with Crippen molar-refractivity contribution >= 4 is 23.3 Å². The molecule has 0 atom stereocenters. The van der Waals surface area contributed by atoms with E-state index in [9.17, 15) is 9.90 Å². The SMILES string of the molecule is CCOc1ccc(NC(=O)N2CCC(CC)(CO)CC2)cc1Cl. The summed E-state index contributed by atoms with van der Waals surface area (Å²) in [6.45, 7) is 6.03. The van der Waals surface area contributed by atoms with Crippen LogP contribution in [0.25, 0.3) is 0 Å². The number of benzene rings is 1. The minimum Gasteiger partial charge on any atom is -0.492 e. The Morgan fingerprint density at radius 1 is 1.39 bits per heavy atom. The molecule has 128 valence electrons. The largest absolute Gasteiger partial charge is 0.492 e. The van der Waals surface area contributed by atoms with Gasteiger partial charge in [0.2, 0.25) is 0 Å². The van der Waals surface area contributed by atoms with Gasteiger partial charge in [0, 0.05) is 25.4 Å². The lowest BCUT2D eigenvalue weighted by molar-refractivity contribution is 0.0542. The van der Waals surface area contributed by atoms with Crippen LogP contribution in [0.2, 0.25) is 5.02 Å². The van der Waals surface area contributed by atoms with Gasteiger partial charge in [-0.2, -0.15) is 0 Å². The molecule has 1 aromatic rings. The fraction of sp³-hybridized carbons (Fsp3) is 0.588. The van der Waals surface area contributed by atoms with Crippen LogP contribution < -0.4 is 10.1 Å². The first kappa shape index (κ1) is 17.9. The van der Waals surface area contributed by atoms with E-state index in [-0.39, 0.29) is 18.1 Å². The molecule has 1 heterocycles. The standard InChI is InChI=1S/C17H25ClN2O3/c1-3-17(12-21)7-9-20(10-8-17)16(22)19-13-5-6-15(23-4-2)14(18)11-13/h5-6,11,21H,3-4,7-10,12H2,1-2H3,(H,19,22). The highest BCUT2D eigenvalue weighted by atomic mass is 35.5. The van der Waals surface area contributed by atoms with Crippen molar-refractivity contribution in [3.63, 3.8) is 0 Å². The van der Waals surface area contributed by atoms with Crippen LogP contribution in [0.3, 0.4) is 0 Å². The monoisotopic (exact) mass is 340 g/mol. The molecule has 0 aromatic heterocycles. The van der Waals surface area contributed by atoms with E-state index in [0.717, 1.165) is 19.3 Å². The molecule has 0 aliphatic carbocycles. The highest BCUT2D eigenvalue weighted by molar-refractivity contribution is 6.32. The lowest BCUT2D eigenvalue weighted by Crippen LogP contribution is -2.46. The van der Waals surface area contributed by atoms with E-state index >= 15 is 0 Å². The maximum atomic E-state index is 12.4. The summed E-state index contributed by atoms with van der Waals surface area (Å²) in [5.74, 6) is 0.612. The van der Waals surface area contributed by atoms with E-state index in [0.29, 0.717) is 36.2 Å². The Labute approximate surface area is 142 Å². The third-order valence-electron chi connectivity index (χ3n) is 4.68. The normalized spacial score (nSPS) is 17.0. The molecule has 23 heavy (non-hydrogen) atoms. The molecular weight excluding hydrogens is 316 g/mol. The summed E-state index contributed by atoms with van der Waals surface area (Å²) in [7, 11) is 0.